The maximum absolute atomic E-state index is 13.5. The van der Waals surface area contributed by atoms with Gasteiger partial charge in [-0.05, 0) is 6.07 Å². The van der Waals surface area contributed by atoms with Gasteiger partial charge >= 0.3 is 11.9 Å². The molecule has 0 saturated heterocycles. The number of fused-ring (bicyclic) bond motifs is 2. The van der Waals surface area contributed by atoms with Crippen LogP contribution in [0.15, 0.2) is 44.7 Å². The topological polar surface area (TPSA) is 223 Å². The summed E-state index contributed by atoms with van der Waals surface area (Å²) in [5, 5.41) is 48.4. The van der Waals surface area contributed by atoms with E-state index in [4.69, 9.17) is 20.0 Å². The molecular weight excluding hydrogens is 492 g/mol. The van der Waals surface area contributed by atoms with Crippen LogP contribution in [0.4, 0.5) is 0 Å². The number of carbonyl (C=O) groups is 2. The lowest BCUT2D eigenvalue weighted by Crippen LogP contribution is -2.31. The Morgan fingerprint density at radius 1 is 1.03 bits per heavy atom. The number of aryl methyl sites for hydroxylation is 1. The van der Waals surface area contributed by atoms with Gasteiger partial charge in [-0.25, -0.2) is 4.79 Å². The molecule has 2 aromatic heterocycles. The number of nitrogens with two attached hydrogens (primary N) is 1. The Morgan fingerprint density at radius 3 is 2.38 bits per heavy atom. The van der Waals surface area contributed by atoms with Gasteiger partial charge in [0, 0.05) is 31.8 Å². The van der Waals surface area contributed by atoms with Gasteiger partial charge in [0.2, 0.25) is 5.43 Å². The Labute approximate surface area is 205 Å². The largest absolute Gasteiger partial charge is 0.504 e. The van der Waals surface area contributed by atoms with Crippen molar-refractivity contribution in [2.45, 2.75) is 12.5 Å². The monoisotopic (exact) mass is 512 g/mol. The highest BCUT2D eigenvalue weighted by molar-refractivity contribution is 6.07. The molecule has 4 aromatic rings. The van der Waals surface area contributed by atoms with Crippen molar-refractivity contribution in [3.63, 3.8) is 0 Å². The van der Waals surface area contributed by atoms with E-state index in [1.165, 1.54) is 23.9 Å². The van der Waals surface area contributed by atoms with Crippen LogP contribution in [0.1, 0.15) is 16.8 Å². The summed E-state index contributed by atoms with van der Waals surface area (Å²) >= 11 is 0. The lowest BCUT2D eigenvalue weighted by Gasteiger charge is -2.13. The minimum Gasteiger partial charge on any atom is -0.504 e. The molecule has 13 nitrogen and oxygen atoms in total. The number of carboxylic acids is 1. The first-order valence-electron chi connectivity index (χ1n) is 10.6. The summed E-state index contributed by atoms with van der Waals surface area (Å²) in [6.45, 7) is -0.477. The minimum atomic E-state index is -1.33. The summed E-state index contributed by atoms with van der Waals surface area (Å²) in [6.07, 6.45) is 1.95. The average Bonchev–Trinajstić information content (AvgIpc) is 2.84. The molecule has 2 heterocycles. The third-order valence-electron chi connectivity index (χ3n) is 5.78. The molecule has 4 rings (SSSR count). The van der Waals surface area contributed by atoms with E-state index in [0.29, 0.717) is 0 Å². The predicted molar refractivity (Wildman–Crippen MR) is 128 cm³/mol. The van der Waals surface area contributed by atoms with Gasteiger partial charge in [0.05, 0.1) is 34.0 Å². The molecule has 0 saturated carbocycles. The number of carboxylic acid groups (broad SMARTS) is 1. The van der Waals surface area contributed by atoms with Crippen LogP contribution < -0.4 is 16.6 Å². The number of aromatic nitrogens is 1. The molecular formula is C24H20N2O11. The van der Waals surface area contributed by atoms with E-state index in [1.54, 1.807) is 0 Å². The zero-order valence-electron chi connectivity index (χ0n) is 19.1. The number of rotatable bonds is 6. The van der Waals surface area contributed by atoms with E-state index in [9.17, 15) is 39.6 Å². The van der Waals surface area contributed by atoms with Gasteiger partial charge in [0.15, 0.2) is 28.4 Å². The fraction of sp³-hybridized carbons (Fsp3) is 0.167. The van der Waals surface area contributed by atoms with Gasteiger partial charge in [-0.3, -0.25) is 14.4 Å². The predicted octanol–water partition coefficient (Wildman–Crippen LogP) is 1.09. The fourth-order valence-corrected chi connectivity index (χ4v) is 3.82. The van der Waals surface area contributed by atoms with Gasteiger partial charge in [0.25, 0.3) is 0 Å². The normalized spacial score (nSPS) is 12.1. The van der Waals surface area contributed by atoms with Crippen molar-refractivity contribution in [1.82, 2.24) is 4.57 Å². The molecule has 2 aromatic carbocycles. The van der Waals surface area contributed by atoms with Crippen molar-refractivity contribution < 1.29 is 44.3 Å². The Hall–Kier alpha value is -5.04. The van der Waals surface area contributed by atoms with Gasteiger partial charge in [-0.2, -0.15) is 0 Å². The van der Waals surface area contributed by atoms with Crippen molar-refractivity contribution in [3.8, 4) is 34.1 Å². The molecule has 37 heavy (non-hydrogen) atoms. The molecule has 0 aliphatic rings. The Balaban J connectivity index is 1.91. The van der Waals surface area contributed by atoms with E-state index in [1.807, 2.05) is 0 Å². The molecule has 0 amide bonds. The molecule has 0 fully saturated rings. The van der Waals surface area contributed by atoms with Crippen molar-refractivity contribution in [2.75, 3.05) is 6.61 Å². The number of pyridine rings is 1. The number of esters is 1. The van der Waals surface area contributed by atoms with Crippen LogP contribution in [0, 0.1) is 0 Å². The Kier molecular flexibility index (Phi) is 6.23. The standard InChI is InChI=1S/C24H20N2O11/c1-26-7-10(20(30)9-4-14(27)15(28)5-13(9)26)11-8-37-17-6-16(29)22(32)19(18(17)21(11)31)24(35)36-3-2-12(25)23(33)34/h4-8,12,27-29,32H,2-3,25H2,1H3,(H,33,34)/t12-/m0/s1. The Bertz CT molecular complexity index is 1720. The number of hydrogen-bond acceptors (Lipinski definition) is 11. The number of aromatic hydroxyl groups is 4. The van der Waals surface area contributed by atoms with Gasteiger partial charge in [-0.15, -0.1) is 0 Å². The molecule has 192 valence electrons. The molecule has 0 aliphatic heterocycles. The molecule has 0 unspecified atom stereocenters. The number of phenols is 4. The molecule has 0 spiro atoms. The maximum atomic E-state index is 13.5. The van der Waals surface area contributed by atoms with Crippen LogP contribution in [0.25, 0.3) is 33.0 Å². The minimum absolute atomic E-state index is 0.0299. The highest BCUT2D eigenvalue weighted by atomic mass is 16.5. The van der Waals surface area contributed by atoms with Crippen molar-refractivity contribution in [3.05, 3.63) is 56.7 Å². The summed E-state index contributed by atoms with van der Waals surface area (Å²) in [6, 6.07) is 1.77. The fourth-order valence-electron chi connectivity index (χ4n) is 3.82. The molecule has 13 heteroatoms. The zero-order chi connectivity index (χ0) is 27.2. The quantitative estimate of drug-likeness (QED) is 0.158. The number of phenolic OH excluding ortho intramolecular Hbond substituents is 4. The number of aliphatic carboxylic acids is 1. The van der Waals surface area contributed by atoms with E-state index in [-0.39, 0.29) is 34.0 Å². The number of benzene rings is 2. The van der Waals surface area contributed by atoms with Gasteiger partial charge < -0.3 is 45.0 Å². The average molecular weight is 512 g/mol. The SMILES string of the molecule is Cn1cc(-c2coc3cc(O)c(O)c(C(=O)OCC[C@H](N)C(=O)O)c3c2=O)c(=O)c2cc(O)c(O)cc21. The maximum Gasteiger partial charge on any atom is 0.342 e. The van der Waals surface area contributed by atoms with E-state index in [0.717, 1.165) is 18.4 Å². The lowest BCUT2D eigenvalue weighted by atomic mass is 10.0. The molecule has 1 atom stereocenters. The molecule has 0 aliphatic carbocycles. The second-order valence-corrected chi connectivity index (χ2v) is 8.18. The van der Waals surface area contributed by atoms with Crippen LogP contribution in [-0.2, 0) is 16.6 Å². The third kappa shape index (κ3) is 4.27. The second kappa shape index (κ2) is 9.20. The number of nitrogens with zero attached hydrogens (tertiary/aromatic N) is 1. The molecule has 7 N–H and O–H groups in total. The Morgan fingerprint density at radius 2 is 1.70 bits per heavy atom. The van der Waals surface area contributed by atoms with Crippen LogP contribution in [0.5, 0.6) is 23.0 Å². The summed E-state index contributed by atoms with van der Waals surface area (Å²) in [4.78, 5) is 50.3. The van der Waals surface area contributed by atoms with Crippen LogP contribution in [0.3, 0.4) is 0 Å². The second-order valence-electron chi connectivity index (χ2n) is 8.18. The summed E-state index contributed by atoms with van der Waals surface area (Å²) in [5.74, 6) is -5.39. The van der Waals surface area contributed by atoms with Crippen molar-refractivity contribution in [1.29, 1.82) is 0 Å². The zero-order valence-corrected chi connectivity index (χ0v) is 19.1. The summed E-state index contributed by atoms with van der Waals surface area (Å²) < 4.78 is 11.8. The first-order valence-corrected chi connectivity index (χ1v) is 10.6. The van der Waals surface area contributed by atoms with E-state index >= 15 is 0 Å². The lowest BCUT2D eigenvalue weighted by molar-refractivity contribution is -0.138. The van der Waals surface area contributed by atoms with Crippen molar-refractivity contribution >= 4 is 33.8 Å². The first-order chi connectivity index (χ1) is 17.4. The highest BCUT2D eigenvalue weighted by Crippen LogP contribution is 2.36. The van der Waals surface area contributed by atoms with Crippen LogP contribution >= 0.6 is 0 Å². The van der Waals surface area contributed by atoms with Crippen molar-refractivity contribution in [2.24, 2.45) is 12.8 Å². The molecule has 0 bridgehead atoms. The summed E-state index contributed by atoms with van der Waals surface area (Å²) in [7, 11) is 1.53. The van der Waals surface area contributed by atoms with Gasteiger partial charge in [-0.1, -0.05) is 0 Å². The van der Waals surface area contributed by atoms with E-state index < -0.39 is 69.4 Å². The van der Waals surface area contributed by atoms with Crippen LogP contribution in [-0.4, -0.2) is 54.7 Å². The number of carbonyl (C=O) groups excluding carboxylic acids is 1. The third-order valence-corrected chi connectivity index (χ3v) is 5.78. The highest BCUT2D eigenvalue weighted by Gasteiger charge is 2.26. The number of ether oxygens (including phenoxy) is 1. The van der Waals surface area contributed by atoms with E-state index in [2.05, 4.69) is 0 Å². The smallest absolute Gasteiger partial charge is 0.342 e. The van der Waals surface area contributed by atoms with Crippen LogP contribution in [0.2, 0.25) is 0 Å². The number of hydrogen-bond donors (Lipinski definition) is 6. The van der Waals surface area contributed by atoms with Gasteiger partial charge in [0.1, 0.15) is 23.5 Å². The first kappa shape index (κ1) is 25.1. The summed E-state index contributed by atoms with van der Waals surface area (Å²) in [5.41, 5.74) is 2.43. The molecule has 0 radical (unpaired) electrons.